The molecule has 0 aromatic heterocycles. The minimum absolute atomic E-state index is 0. The molecule has 1 aromatic rings. The fourth-order valence-corrected chi connectivity index (χ4v) is 2.71. The van der Waals surface area contributed by atoms with Crippen LogP contribution in [-0.4, -0.2) is 26.7 Å². The van der Waals surface area contributed by atoms with Crippen LogP contribution in [0, 0.1) is 5.41 Å². The predicted molar refractivity (Wildman–Crippen MR) is 105 cm³/mol. The van der Waals surface area contributed by atoms with E-state index in [2.05, 4.69) is 17.2 Å². The summed E-state index contributed by atoms with van der Waals surface area (Å²) in [6.07, 6.45) is 5.10. The number of aliphatic imine (C=N–C) groups is 1. The zero-order chi connectivity index (χ0) is 16.0. The first-order valence-corrected chi connectivity index (χ1v) is 7.87. The lowest BCUT2D eigenvalue weighted by Gasteiger charge is -2.15. The summed E-state index contributed by atoms with van der Waals surface area (Å²) in [5.41, 5.74) is 7.47. The second-order valence-electron chi connectivity index (χ2n) is 5.99. The van der Waals surface area contributed by atoms with Gasteiger partial charge in [0.15, 0.2) is 17.5 Å². The van der Waals surface area contributed by atoms with E-state index >= 15 is 0 Å². The highest BCUT2D eigenvalue weighted by Crippen LogP contribution is 2.48. The maximum absolute atomic E-state index is 5.96. The molecule has 0 amide bonds. The van der Waals surface area contributed by atoms with Gasteiger partial charge in [0.1, 0.15) is 0 Å². The Morgan fingerprint density at radius 2 is 1.96 bits per heavy atom. The second-order valence-corrected chi connectivity index (χ2v) is 5.99. The van der Waals surface area contributed by atoms with Crippen LogP contribution in [-0.2, 0) is 6.54 Å². The van der Waals surface area contributed by atoms with Crippen LogP contribution in [0.1, 0.15) is 38.2 Å². The summed E-state index contributed by atoms with van der Waals surface area (Å²) < 4.78 is 10.5. The van der Waals surface area contributed by atoms with Gasteiger partial charge < -0.3 is 20.5 Å². The van der Waals surface area contributed by atoms with Crippen LogP contribution >= 0.6 is 24.0 Å². The summed E-state index contributed by atoms with van der Waals surface area (Å²) in [7, 11) is 3.26. The molecule has 1 aliphatic rings. The highest BCUT2D eigenvalue weighted by molar-refractivity contribution is 14.0. The third-order valence-corrected chi connectivity index (χ3v) is 4.26. The van der Waals surface area contributed by atoms with Gasteiger partial charge in [0.2, 0.25) is 0 Å². The van der Waals surface area contributed by atoms with E-state index < -0.39 is 0 Å². The van der Waals surface area contributed by atoms with Crippen molar-refractivity contribution in [2.45, 2.75) is 39.2 Å². The van der Waals surface area contributed by atoms with Crippen molar-refractivity contribution in [2.75, 3.05) is 20.8 Å². The minimum atomic E-state index is 0. The van der Waals surface area contributed by atoms with Gasteiger partial charge in [0.25, 0.3) is 0 Å². The summed E-state index contributed by atoms with van der Waals surface area (Å²) in [4.78, 5) is 4.40. The maximum atomic E-state index is 5.96. The minimum Gasteiger partial charge on any atom is -0.493 e. The van der Waals surface area contributed by atoms with Gasteiger partial charge in [0.05, 0.1) is 20.8 Å². The van der Waals surface area contributed by atoms with E-state index in [4.69, 9.17) is 15.2 Å². The molecule has 1 fully saturated rings. The number of nitrogens with one attached hydrogen (secondary N) is 1. The number of guanidine groups is 1. The molecule has 0 atom stereocenters. The summed E-state index contributed by atoms with van der Waals surface area (Å²) in [5, 5.41) is 3.26. The van der Waals surface area contributed by atoms with Crippen LogP contribution in [0.15, 0.2) is 23.2 Å². The first-order chi connectivity index (χ1) is 10.6. The van der Waals surface area contributed by atoms with Crippen molar-refractivity contribution in [3.63, 3.8) is 0 Å². The van der Waals surface area contributed by atoms with Gasteiger partial charge >= 0.3 is 0 Å². The molecule has 23 heavy (non-hydrogen) atoms. The average molecular weight is 433 g/mol. The third kappa shape index (κ3) is 5.75. The van der Waals surface area contributed by atoms with E-state index in [1.165, 1.54) is 25.7 Å². The number of benzene rings is 1. The van der Waals surface area contributed by atoms with Crippen molar-refractivity contribution < 1.29 is 9.47 Å². The van der Waals surface area contributed by atoms with Crippen molar-refractivity contribution in [1.29, 1.82) is 0 Å². The standard InChI is InChI=1S/C17H27N3O2.HI/c1-4-7-17(8-9-17)12-20-16(18)19-11-13-5-6-14(21-2)15(10-13)22-3;/h5-6,10H,4,7-9,11-12H2,1-3H3,(H3,18,19,20);1H. The molecule has 3 N–H and O–H groups in total. The van der Waals surface area contributed by atoms with Gasteiger partial charge in [-0.15, -0.1) is 24.0 Å². The highest BCUT2D eigenvalue weighted by atomic mass is 127. The normalized spacial score (nSPS) is 15.5. The molecule has 0 spiro atoms. The molecule has 2 rings (SSSR count). The molecule has 0 unspecified atom stereocenters. The van der Waals surface area contributed by atoms with E-state index in [1.54, 1.807) is 14.2 Å². The van der Waals surface area contributed by atoms with E-state index in [-0.39, 0.29) is 24.0 Å². The Hall–Kier alpha value is -1.18. The first-order valence-electron chi connectivity index (χ1n) is 7.87. The number of ether oxygens (including phenoxy) is 2. The molecule has 0 bridgehead atoms. The zero-order valence-corrected chi connectivity index (χ0v) is 16.6. The largest absolute Gasteiger partial charge is 0.493 e. The second kappa shape index (κ2) is 9.20. The number of halogens is 1. The van der Waals surface area contributed by atoms with Crippen molar-refractivity contribution in [3.05, 3.63) is 23.8 Å². The summed E-state index contributed by atoms with van der Waals surface area (Å²) >= 11 is 0. The highest BCUT2D eigenvalue weighted by Gasteiger charge is 2.41. The SMILES string of the molecule is CCCC1(CNC(N)=NCc2ccc(OC)c(OC)c2)CC1.I. The van der Waals surface area contributed by atoms with E-state index in [0.717, 1.165) is 17.9 Å². The van der Waals surface area contributed by atoms with Crippen LogP contribution in [0.3, 0.4) is 0 Å². The van der Waals surface area contributed by atoms with Crippen LogP contribution in [0.5, 0.6) is 11.5 Å². The molecule has 5 nitrogen and oxygen atoms in total. The van der Waals surface area contributed by atoms with Gasteiger partial charge in [-0.3, -0.25) is 0 Å². The molecular weight excluding hydrogens is 405 g/mol. The van der Waals surface area contributed by atoms with Crippen LogP contribution in [0.4, 0.5) is 0 Å². The molecule has 1 aromatic carbocycles. The van der Waals surface area contributed by atoms with Crippen molar-refractivity contribution in [2.24, 2.45) is 16.1 Å². The summed E-state index contributed by atoms with van der Waals surface area (Å²) in [5.74, 6) is 1.94. The Labute approximate surface area is 156 Å². The molecular formula is C17H28IN3O2. The molecule has 0 radical (unpaired) electrons. The quantitative estimate of drug-likeness (QED) is 0.375. The van der Waals surface area contributed by atoms with Gasteiger partial charge in [-0.2, -0.15) is 0 Å². The molecule has 1 aliphatic carbocycles. The fourth-order valence-electron chi connectivity index (χ4n) is 2.71. The lowest BCUT2D eigenvalue weighted by molar-refractivity contribution is 0.354. The molecule has 0 saturated heterocycles. The third-order valence-electron chi connectivity index (χ3n) is 4.26. The summed E-state index contributed by atoms with van der Waals surface area (Å²) in [6, 6.07) is 5.78. The van der Waals surface area contributed by atoms with Crippen LogP contribution in [0.25, 0.3) is 0 Å². The van der Waals surface area contributed by atoms with Crippen molar-refractivity contribution >= 4 is 29.9 Å². The fraction of sp³-hybridized carbons (Fsp3) is 0.588. The Morgan fingerprint density at radius 1 is 1.26 bits per heavy atom. The topological polar surface area (TPSA) is 68.9 Å². The molecule has 0 heterocycles. The van der Waals surface area contributed by atoms with Gasteiger partial charge in [-0.25, -0.2) is 4.99 Å². The number of nitrogens with two attached hydrogens (primary N) is 1. The monoisotopic (exact) mass is 433 g/mol. The Morgan fingerprint density at radius 3 is 2.52 bits per heavy atom. The lowest BCUT2D eigenvalue weighted by atomic mass is 10.0. The zero-order valence-electron chi connectivity index (χ0n) is 14.2. The Bertz CT molecular complexity index is 531. The van der Waals surface area contributed by atoms with Crippen molar-refractivity contribution in [1.82, 2.24) is 5.32 Å². The van der Waals surface area contributed by atoms with Gasteiger partial charge in [-0.05, 0) is 42.4 Å². The number of nitrogens with zero attached hydrogens (tertiary/aromatic N) is 1. The number of hydrogen-bond acceptors (Lipinski definition) is 3. The van der Waals surface area contributed by atoms with E-state index in [0.29, 0.717) is 23.7 Å². The first kappa shape index (κ1) is 19.9. The van der Waals surface area contributed by atoms with Gasteiger partial charge in [0, 0.05) is 6.54 Å². The number of methoxy groups -OCH3 is 2. The lowest BCUT2D eigenvalue weighted by Crippen LogP contribution is -2.36. The number of rotatable bonds is 8. The van der Waals surface area contributed by atoms with Crippen LogP contribution < -0.4 is 20.5 Å². The van der Waals surface area contributed by atoms with E-state index in [1.807, 2.05) is 18.2 Å². The van der Waals surface area contributed by atoms with Gasteiger partial charge in [-0.1, -0.05) is 19.4 Å². The molecule has 130 valence electrons. The number of hydrogen-bond donors (Lipinski definition) is 2. The molecule has 6 heteroatoms. The molecule has 1 saturated carbocycles. The smallest absolute Gasteiger partial charge is 0.188 e. The molecule has 0 aliphatic heterocycles. The van der Waals surface area contributed by atoms with Crippen molar-refractivity contribution in [3.8, 4) is 11.5 Å². The van der Waals surface area contributed by atoms with Crippen LogP contribution in [0.2, 0.25) is 0 Å². The van der Waals surface area contributed by atoms with E-state index in [9.17, 15) is 0 Å². The Balaban J connectivity index is 0.00000264. The predicted octanol–water partition coefficient (Wildman–Crippen LogP) is 3.31. The Kier molecular flexibility index (Phi) is 7.94. The average Bonchev–Trinajstić information content (AvgIpc) is 3.31. The maximum Gasteiger partial charge on any atom is 0.188 e. The summed E-state index contributed by atoms with van der Waals surface area (Å²) in [6.45, 7) is 3.69.